The number of hydrogen-bond donors (Lipinski definition) is 0. The third-order valence-corrected chi connectivity index (χ3v) is 5.71. The van der Waals surface area contributed by atoms with E-state index in [1.54, 1.807) is 18.5 Å². The van der Waals surface area contributed by atoms with Crippen molar-refractivity contribution in [3.63, 3.8) is 0 Å². The molecule has 4 rings (SSSR count). The number of carbonyl (C=O) groups excluding carboxylic acids is 1. The summed E-state index contributed by atoms with van der Waals surface area (Å²) in [4.78, 5) is 27.6. The molecule has 2 aromatic rings. The fourth-order valence-electron chi connectivity index (χ4n) is 4.14. The molecule has 0 aliphatic carbocycles. The first-order valence-corrected chi connectivity index (χ1v) is 9.93. The fraction of sp³-hybridized carbons (Fsp3) is 0.476. The fourth-order valence-corrected chi connectivity index (χ4v) is 4.14. The van der Waals surface area contributed by atoms with E-state index in [0.717, 1.165) is 51.3 Å². The number of carbonyl (C=O) groups is 1. The van der Waals surface area contributed by atoms with Crippen molar-refractivity contribution in [1.82, 2.24) is 19.8 Å². The molecule has 0 saturated carbocycles. The SMILES string of the molecule is Cc1cnc(C(=O)N2CCC[C@@H](N3CCN(c4ccccc4F)CC3)C2)cn1. The predicted octanol–water partition coefficient (Wildman–Crippen LogP) is 2.35. The third-order valence-electron chi connectivity index (χ3n) is 5.71. The molecule has 1 aromatic heterocycles. The molecule has 148 valence electrons. The van der Waals surface area contributed by atoms with Crippen LogP contribution in [0.3, 0.4) is 0 Å². The summed E-state index contributed by atoms with van der Waals surface area (Å²) in [6.07, 6.45) is 5.28. The van der Waals surface area contributed by atoms with Crippen LogP contribution in [0.4, 0.5) is 10.1 Å². The topological polar surface area (TPSA) is 52.6 Å². The molecule has 0 N–H and O–H groups in total. The van der Waals surface area contributed by atoms with Gasteiger partial charge in [0.2, 0.25) is 0 Å². The van der Waals surface area contributed by atoms with Gasteiger partial charge in [-0.05, 0) is 31.9 Å². The van der Waals surface area contributed by atoms with Crippen LogP contribution in [0.15, 0.2) is 36.7 Å². The molecule has 1 aromatic carbocycles. The highest BCUT2D eigenvalue weighted by Gasteiger charge is 2.31. The average molecular weight is 383 g/mol. The number of likely N-dealkylation sites (tertiary alicyclic amines) is 1. The van der Waals surface area contributed by atoms with Gasteiger partial charge in [-0.1, -0.05) is 12.1 Å². The van der Waals surface area contributed by atoms with E-state index >= 15 is 0 Å². The molecule has 2 fully saturated rings. The van der Waals surface area contributed by atoms with E-state index in [0.29, 0.717) is 24.0 Å². The zero-order valence-corrected chi connectivity index (χ0v) is 16.2. The van der Waals surface area contributed by atoms with Gasteiger partial charge in [0.05, 0.1) is 17.6 Å². The van der Waals surface area contributed by atoms with E-state index in [2.05, 4.69) is 19.8 Å². The second-order valence-corrected chi connectivity index (χ2v) is 7.56. The van der Waals surface area contributed by atoms with E-state index in [-0.39, 0.29) is 11.7 Å². The average Bonchev–Trinajstić information content (AvgIpc) is 2.74. The van der Waals surface area contributed by atoms with Crippen molar-refractivity contribution in [3.8, 4) is 0 Å². The standard InChI is InChI=1S/C21H26FN5O/c1-16-13-24-19(14-23-16)21(28)27-8-4-5-17(15-27)25-9-11-26(12-10-25)20-7-3-2-6-18(20)22/h2-3,6-7,13-14,17H,4-5,8-12,15H2,1H3/t17-/m1/s1. The number of benzene rings is 1. The number of halogens is 1. The quantitative estimate of drug-likeness (QED) is 0.814. The maximum absolute atomic E-state index is 14.0. The van der Waals surface area contributed by atoms with Gasteiger partial charge >= 0.3 is 0 Å². The van der Waals surface area contributed by atoms with Gasteiger partial charge in [-0.3, -0.25) is 14.7 Å². The maximum atomic E-state index is 14.0. The molecule has 1 amide bonds. The summed E-state index contributed by atoms with van der Waals surface area (Å²) in [5.74, 6) is -0.202. The Kier molecular flexibility index (Phi) is 5.52. The number of hydrogen-bond acceptors (Lipinski definition) is 5. The number of rotatable bonds is 3. The van der Waals surface area contributed by atoms with E-state index in [4.69, 9.17) is 0 Å². The number of piperidine rings is 1. The van der Waals surface area contributed by atoms with Gasteiger partial charge in [0.25, 0.3) is 5.91 Å². The molecule has 28 heavy (non-hydrogen) atoms. The third kappa shape index (κ3) is 3.99. The van der Waals surface area contributed by atoms with Crippen LogP contribution in [0, 0.1) is 12.7 Å². The van der Waals surface area contributed by atoms with Crippen LogP contribution >= 0.6 is 0 Å². The molecule has 0 bridgehead atoms. The molecular formula is C21H26FN5O. The normalized spacial score (nSPS) is 21.0. The number of aryl methyl sites for hydroxylation is 1. The number of nitrogens with zero attached hydrogens (tertiary/aromatic N) is 5. The Labute approximate surface area is 165 Å². The van der Waals surface area contributed by atoms with E-state index in [9.17, 15) is 9.18 Å². The molecule has 6 nitrogen and oxygen atoms in total. The monoisotopic (exact) mass is 383 g/mol. The van der Waals surface area contributed by atoms with Crippen LogP contribution in [0.2, 0.25) is 0 Å². The summed E-state index contributed by atoms with van der Waals surface area (Å²) < 4.78 is 14.0. The van der Waals surface area contributed by atoms with Gasteiger partial charge in [0, 0.05) is 51.5 Å². The Hall–Kier alpha value is -2.54. The van der Waals surface area contributed by atoms with E-state index in [1.165, 1.54) is 6.07 Å². The minimum atomic E-state index is -0.162. The van der Waals surface area contributed by atoms with Crippen LogP contribution in [-0.2, 0) is 0 Å². The second kappa shape index (κ2) is 8.22. The predicted molar refractivity (Wildman–Crippen MR) is 106 cm³/mol. The van der Waals surface area contributed by atoms with Gasteiger partial charge in [-0.15, -0.1) is 0 Å². The molecule has 0 unspecified atom stereocenters. The lowest BCUT2D eigenvalue weighted by molar-refractivity contribution is 0.0557. The number of para-hydroxylation sites is 1. The number of piperazine rings is 1. The largest absolute Gasteiger partial charge is 0.367 e. The van der Waals surface area contributed by atoms with E-state index < -0.39 is 0 Å². The number of aromatic nitrogens is 2. The summed E-state index contributed by atoms with van der Waals surface area (Å²) in [6, 6.07) is 7.30. The van der Waals surface area contributed by atoms with Crippen LogP contribution in [0.25, 0.3) is 0 Å². The second-order valence-electron chi connectivity index (χ2n) is 7.56. The smallest absolute Gasteiger partial charge is 0.274 e. The highest BCUT2D eigenvalue weighted by molar-refractivity contribution is 5.92. The molecule has 2 aliphatic rings. The summed E-state index contributed by atoms with van der Waals surface area (Å²) in [5.41, 5.74) is 1.90. The van der Waals surface area contributed by atoms with Crippen molar-refractivity contribution >= 4 is 11.6 Å². The molecule has 1 atom stereocenters. The van der Waals surface area contributed by atoms with Crippen LogP contribution in [0.1, 0.15) is 29.0 Å². The Morgan fingerprint density at radius 3 is 2.57 bits per heavy atom. The van der Waals surface area contributed by atoms with Crippen molar-refractivity contribution < 1.29 is 9.18 Å². The molecule has 2 aliphatic heterocycles. The molecule has 0 radical (unpaired) electrons. The Morgan fingerprint density at radius 2 is 1.86 bits per heavy atom. The number of amides is 1. The molecule has 7 heteroatoms. The zero-order valence-electron chi connectivity index (χ0n) is 16.2. The van der Waals surface area contributed by atoms with Crippen LogP contribution in [-0.4, -0.2) is 71.0 Å². The van der Waals surface area contributed by atoms with Gasteiger partial charge in [0.15, 0.2) is 0 Å². The first-order valence-electron chi connectivity index (χ1n) is 9.93. The lowest BCUT2D eigenvalue weighted by atomic mass is 10.0. The molecule has 2 saturated heterocycles. The van der Waals surface area contributed by atoms with Crippen molar-refractivity contribution in [2.75, 3.05) is 44.2 Å². The lowest BCUT2D eigenvalue weighted by Gasteiger charge is -2.43. The highest BCUT2D eigenvalue weighted by Crippen LogP contribution is 2.23. The maximum Gasteiger partial charge on any atom is 0.274 e. The summed E-state index contributed by atoms with van der Waals surface area (Å²) in [7, 11) is 0. The summed E-state index contributed by atoms with van der Waals surface area (Å²) >= 11 is 0. The lowest BCUT2D eigenvalue weighted by Crippen LogP contribution is -2.56. The molecular weight excluding hydrogens is 357 g/mol. The minimum Gasteiger partial charge on any atom is -0.367 e. The van der Waals surface area contributed by atoms with Gasteiger partial charge in [0.1, 0.15) is 11.5 Å². The van der Waals surface area contributed by atoms with Crippen LogP contribution in [0.5, 0.6) is 0 Å². The number of anilines is 1. The zero-order chi connectivity index (χ0) is 19.5. The summed E-state index contributed by atoms with van der Waals surface area (Å²) in [5, 5.41) is 0. The molecule has 3 heterocycles. The van der Waals surface area contributed by atoms with Crippen molar-refractivity contribution in [2.45, 2.75) is 25.8 Å². The van der Waals surface area contributed by atoms with Crippen LogP contribution < -0.4 is 4.90 Å². The Bertz CT molecular complexity index is 820. The van der Waals surface area contributed by atoms with Crippen molar-refractivity contribution in [3.05, 3.63) is 53.9 Å². The van der Waals surface area contributed by atoms with E-state index in [1.807, 2.05) is 24.0 Å². The first kappa shape index (κ1) is 18.8. The Morgan fingerprint density at radius 1 is 1.07 bits per heavy atom. The van der Waals surface area contributed by atoms with Crippen molar-refractivity contribution in [2.24, 2.45) is 0 Å². The van der Waals surface area contributed by atoms with Gasteiger partial charge in [-0.25, -0.2) is 9.37 Å². The minimum absolute atomic E-state index is 0.0396. The highest BCUT2D eigenvalue weighted by atomic mass is 19.1. The first-order chi connectivity index (χ1) is 13.6. The molecule has 0 spiro atoms. The van der Waals surface area contributed by atoms with Gasteiger partial charge < -0.3 is 9.80 Å². The van der Waals surface area contributed by atoms with Crippen molar-refractivity contribution in [1.29, 1.82) is 0 Å². The Balaban J connectivity index is 1.36. The summed E-state index contributed by atoms with van der Waals surface area (Å²) in [6.45, 7) is 6.70. The van der Waals surface area contributed by atoms with Gasteiger partial charge in [-0.2, -0.15) is 0 Å².